The molecule has 10 heteroatoms. The van der Waals surface area contributed by atoms with Gasteiger partial charge in [-0.05, 0) is 85.9 Å². The van der Waals surface area contributed by atoms with Gasteiger partial charge in [-0.1, -0.05) is 49.6 Å². The summed E-state index contributed by atoms with van der Waals surface area (Å²) in [5.41, 5.74) is 5.88. The molecule has 1 heterocycles. The van der Waals surface area contributed by atoms with E-state index in [-0.39, 0.29) is 0 Å². The number of benzene rings is 2. The summed E-state index contributed by atoms with van der Waals surface area (Å²) in [5.74, 6) is -0.382. The summed E-state index contributed by atoms with van der Waals surface area (Å²) < 4.78 is 59.6. The minimum atomic E-state index is -4.91. The van der Waals surface area contributed by atoms with E-state index in [9.17, 15) is 17.6 Å². The summed E-state index contributed by atoms with van der Waals surface area (Å²) in [5, 5.41) is 14.2. The van der Waals surface area contributed by atoms with Crippen LogP contribution in [-0.4, -0.2) is 31.7 Å². The van der Waals surface area contributed by atoms with Crippen LogP contribution in [0.25, 0.3) is 17.2 Å². The Morgan fingerprint density at radius 1 is 1.02 bits per heavy atom. The molecule has 1 aromatic heterocycles. The number of unbranched alkanes of at least 4 members (excludes halogenated alkanes) is 2. The second-order valence-electron chi connectivity index (χ2n) is 11.1. The highest BCUT2D eigenvalue weighted by Gasteiger charge is 2.32. The first-order chi connectivity index (χ1) is 20.8. The summed E-state index contributed by atoms with van der Waals surface area (Å²) >= 11 is 0. The van der Waals surface area contributed by atoms with Crippen LogP contribution in [0.2, 0.25) is 0 Å². The topological polar surface area (TPSA) is 71.4 Å². The van der Waals surface area contributed by atoms with Gasteiger partial charge in [-0.2, -0.15) is 0 Å². The molecular formula is C33H42F4N4O2. The monoisotopic (exact) mass is 602 g/mol. The van der Waals surface area contributed by atoms with Gasteiger partial charge < -0.3 is 25.2 Å². The molecule has 2 aromatic carbocycles. The van der Waals surface area contributed by atoms with E-state index in [0.717, 1.165) is 91.3 Å². The number of hydrogen-bond donors (Lipinski definition) is 3. The fourth-order valence-electron chi connectivity index (χ4n) is 5.61. The lowest BCUT2D eigenvalue weighted by Gasteiger charge is -2.37. The Morgan fingerprint density at radius 2 is 1.81 bits per heavy atom. The van der Waals surface area contributed by atoms with Crippen molar-refractivity contribution < 1.29 is 26.8 Å². The van der Waals surface area contributed by atoms with E-state index in [2.05, 4.69) is 57.1 Å². The molecule has 3 N–H and O–H groups in total. The Bertz CT molecular complexity index is 1310. The van der Waals surface area contributed by atoms with E-state index < -0.39 is 17.9 Å². The Kier molecular flexibility index (Phi) is 11.9. The Labute approximate surface area is 251 Å². The molecule has 2 unspecified atom stereocenters. The lowest BCUT2D eigenvalue weighted by molar-refractivity contribution is -0.275. The molecule has 0 amide bonds. The predicted molar refractivity (Wildman–Crippen MR) is 163 cm³/mol. The van der Waals surface area contributed by atoms with Gasteiger partial charge in [0.05, 0.1) is 6.20 Å². The third kappa shape index (κ3) is 9.74. The number of rotatable bonds is 17. The maximum Gasteiger partial charge on any atom is 0.573 e. The highest BCUT2D eigenvalue weighted by Crippen LogP contribution is 2.40. The number of hydrogen-bond acceptors (Lipinski definition) is 6. The SMILES string of the molecule is CCC/C=C/c1c(NC)cc(-c2cnoc2)cc1NCCC1CCC1CCCCNCc1ccc(OC(F)(F)F)c(F)c1. The standard InChI is InChI=1S/C33H42F4N4O2/c1-3-4-5-9-28-30(38-2)18-26(27-21-41-42-22-27)19-31(28)40-16-14-25-12-11-24(25)8-6-7-15-39-20-23-10-13-32(29(34)17-23)43-33(35,36)37/h5,9-10,13,17-19,21-22,24-25,38-40H,3-4,6-8,11-12,14-16,20H2,1-2H3/b9-5+. The summed E-state index contributed by atoms with van der Waals surface area (Å²) in [6, 6.07) is 7.84. The second-order valence-corrected chi connectivity index (χ2v) is 11.1. The zero-order valence-corrected chi connectivity index (χ0v) is 24.9. The Balaban J connectivity index is 1.20. The number of nitrogens with zero attached hydrogens (tertiary/aromatic N) is 1. The highest BCUT2D eigenvalue weighted by atomic mass is 19.4. The van der Waals surface area contributed by atoms with Crippen LogP contribution in [0.1, 0.15) is 69.4 Å². The van der Waals surface area contributed by atoms with E-state index in [1.165, 1.54) is 25.3 Å². The average Bonchev–Trinajstić information content (AvgIpc) is 3.50. The van der Waals surface area contributed by atoms with Crippen molar-refractivity contribution in [2.45, 2.75) is 71.2 Å². The van der Waals surface area contributed by atoms with Crippen molar-refractivity contribution in [1.82, 2.24) is 10.5 Å². The van der Waals surface area contributed by atoms with Crippen LogP contribution in [0.5, 0.6) is 5.75 Å². The van der Waals surface area contributed by atoms with Crippen LogP contribution < -0.4 is 20.7 Å². The smallest absolute Gasteiger partial charge is 0.403 e. The summed E-state index contributed by atoms with van der Waals surface area (Å²) in [4.78, 5) is 0. The van der Waals surface area contributed by atoms with Gasteiger partial charge in [0.25, 0.3) is 0 Å². The molecule has 1 aliphatic rings. The average molecular weight is 603 g/mol. The third-order valence-electron chi connectivity index (χ3n) is 8.09. The number of nitrogens with one attached hydrogen (secondary N) is 3. The molecule has 0 radical (unpaired) electrons. The summed E-state index contributed by atoms with van der Waals surface area (Å²) in [6.07, 6.45) is 12.0. The van der Waals surface area contributed by atoms with Crippen LogP contribution in [0, 0.1) is 17.7 Å². The molecule has 0 spiro atoms. The van der Waals surface area contributed by atoms with Crippen molar-refractivity contribution in [3.05, 3.63) is 65.8 Å². The summed E-state index contributed by atoms with van der Waals surface area (Å²) in [6.45, 7) is 4.24. The van der Waals surface area contributed by atoms with Crippen molar-refractivity contribution in [3.63, 3.8) is 0 Å². The van der Waals surface area contributed by atoms with Gasteiger partial charge in [0.2, 0.25) is 0 Å². The number of aromatic nitrogens is 1. The van der Waals surface area contributed by atoms with Gasteiger partial charge in [0.1, 0.15) is 6.26 Å². The maximum absolute atomic E-state index is 13.9. The highest BCUT2D eigenvalue weighted by molar-refractivity contribution is 5.84. The van der Waals surface area contributed by atoms with Gasteiger partial charge in [-0.3, -0.25) is 0 Å². The summed E-state index contributed by atoms with van der Waals surface area (Å²) in [7, 11) is 1.94. The number of halogens is 4. The molecule has 0 bridgehead atoms. The van der Waals surface area contributed by atoms with Gasteiger partial charge in [-0.25, -0.2) is 4.39 Å². The van der Waals surface area contributed by atoms with Crippen LogP contribution >= 0.6 is 0 Å². The first-order valence-electron chi connectivity index (χ1n) is 15.2. The van der Waals surface area contributed by atoms with E-state index in [0.29, 0.717) is 18.0 Å². The molecule has 234 valence electrons. The van der Waals surface area contributed by atoms with Gasteiger partial charge in [0.15, 0.2) is 11.6 Å². The molecule has 6 nitrogen and oxygen atoms in total. The molecule has 0 saturated heterocycles. The first kappa shape index (κ1) is 32.4. The first-order valence-corrected chi connectivity index (χ1v) is 15.2. The van der Waals surface area contributed by atoms with E-state index in [1.54, 1.807) is 12.5 Å². The molecule has 43 heavy (non-hydrogen) atoms. The van der Waals surface area contributed by atoms with Crippen LogP contribution in [0.15, 0.2) is 53.4 Å². The van der Waals surface area contributed by atoms with Gasteiger partial charge in [-0.15, -0.1) is 13.2 Å². The van der Waals surface area contributed by atoms with Crippen molar-refractivity contribution >= 4 is 17.5 Å². The van der Waals surface area contributed by atoms with E-state index >= 15 is 0 Å². The fourth-order valence-corrected chi connectivity index (χ4v) is 5.61. The number of anilines is 2. The Hall–Kier alpha value is -3.53. The minimum absolute atomic E-state index is 0.393. The van der Waals surface area contributed by atoms with Crippen molar-refractivity contribution in [3.8, 4) is 16.9 Å². The minimum Gasteiger partial charge on any atom is -0.403 e. The van der Waals surface area contributed by atoms with E-state index in [1.807, 2.05) is 7.05 Å². The quantitative estimate of drug-likeness (QED) is 0.106. The largest absolute Gasteiger partial charge is 0.573 e. The molecule has 0 aliphatic heterocycles. The molecule has 1 saturated carbocycles. The van der Waals surface area contributed by atoms with Crippen molar-refractivity contribution in [2.24, 2.45) is 11.8 Å². The molecule has 1 fully saturated rings. The zero-order chi connectivity index (χ0) is 30.7. The lowest BCUT2D eigenvalue weighted by atomic mass is 9.69. The fraction of sp³-hybridized carbons (Fsp3) is 0.485. The van der Waals surface area contributed by atoms with E-state index in [4.69, 9.17) is 4.52 Å². The predicted octanol–water partition coefficient (Wildman–Crippen LogP) is 9.02. The normalized spacial score (nSPS) is 16.8. The van der Waals surface area contributed by atoms with Gasteiger partial charge >= 0.3 is 6.36 Å². The molecular weight excluding hydrogens is 560 g/mol. The van der Waals surface area contributed by atoms with Crippen molar-refractivity contribution in [2.75, 3.05) is 30.8 Å². The molecule has 2 atom stereocenters. The molecule has 1 aliphatic carbocycles. The number of allylic oxidation sites excluding steroid dienone is 1. The van der Waals surface area contributed by atoms with Crippen LogP contribution in [0.3, 0.4) is 0 Å². The third-order valence-corrected chi connectivity index (χ3v) is 8.09. The maximum atomic E-state index is 13.9. The zero-order valence-electron chi connectivity index (χ0n) is 24.9. The second kappa shape index (κ2) is 15.8. The molecule has 3 aromatic rings. The van der Waals surface area contributed by atoms with Crippen LogP contribution in [0.4, 0.5) is 28.9 Å². The van der Waals surface area contributed by atoms with Gasteiger partial charge in [0, 0.05) is 42.6 Å². The Morgan fingerprint density at radius 3 is 2.49 bits per heavy atom. The number of alkyl halides is 3. The number of ether oxygens (including phenoxy) is 1. The van der Waals surface area contributed by atoms with Crippen LogP contribution in [-0.2, 0) is 6.54 Å². The molecule has 4 rings (SSSR count). The van der Waals surface area contributed by atoms with Crippen molar-refractivity contribution in [1.29, 1.82) is 0 Å². The lowest BCUT2D eigenvalue weighted by Crippen LogP contribution is -2.28.